The van der Waals surface area contributed by atoms with Gasteiger partial charge in [0.05, 0.1) is 23.1 Å². The average Bonchev–Trinajstić information content (AvgIpc) is 2.77. The average molecular weight is 328 g/mol. The van der Waals surface area contributed by atoms with E-state index < -0.39 is 11.7 Å². The molecule has 3 aromatic rings. The molecule has 0 aliphatic heterocycles. The van der Waals surface area contributed by atoms with E-state index in [-0.39, 0.29) is 17.1 Å². The first-order valence-electron chi connectivity index (χ1n) is 7.29. The minimum atomic E-state index is -0.699. The van der Waals surface area contributed by atoms with Gasteiger partial charge >= 0.3 is 0 Å². The molecule has 0 radical (unpaired) electrons. The predicted octanol–water partition coefficient (Wildman–Crippen LogP) is 2.45. The summed E-state index contributed by atoms with van der Waals surface area (Å²) in [6.07, 6.45) is 3.19. The van der Waals surface area contributed by atoms with Crippen LogP contribution in [0.3, 0.4) is 0 Å². The number of carbonyl (C=O) groups is 1. The van der Waals surface area contributed by atoms with E-state index >= 15 is 0 Å². The topological polar surface area (TPSA) is 107 Å². The van der Waals surface area contributed by atoms with Crippen LogP contribution in [0.5, 0.6) is 5.75 Å². The van der Waals surface area contributed by atoms with Crippen LogP contribution in [0.15, 0.2) is 18.5 Å². The number of primary amides is 1. The second kappa shape index (κ2) is 5.23. The van der Waals surface area contributed by atoms with Gasteiger partial charge in [-0.15, -0.1) is 0 Å². The van der Waals surface area contributed by atoms with Crippen molar-refractivity contribution in [3.05, 3.63) is 46.8 Å². The van der Waals surface area contributed by atoms with Crippen molar-refractivity contribution in [1.82, 2.24) is 9.38 Å². The summed E-state index contributed by atoms with van der Waals surface area (Å²) in [5.41, 5.74) is 14.7. The lowest BCUT2D eigenvalue weighted by atomic mass is 9.94. The lowest BCUT2D eigenvalue weighted by molar-refractivity contribution is 0.0995. The minimum Gasteiger partial charge on any atom is -0.508 e. The summed E-state index contributed by atoms with van der Waals surface area (Å²) in [6, 6.07) is 1.06. The van der Waals surface area contributed by atoms with Crippen LogP contribution in [0.2, 0.25) is 0 Å². The molecule has 0 aliphatic rings. The molecule has 2 heterocycles. The fourth-order valence-corrected chi connectivity index (χ4v) is 3.03. The van der Waals surface area contributed by atoms with Crippen LogP contribution in [0.1, 0.15) is 27.3 Å². The standard InChI is InChI=1S/C17H17FN4O2/c1-7-6-22-11(5-21-7)14(15(19)16(22)17(20)24)13-8(2)10(18)4-12(23)9(13)3/h4-6,23H,19H2,1-3H3,(H2,20,24). The first-order valence-corrected chi connectivity index (χ1v) is 7.29. The molecule has 0 fully saturated rings. The second-order valence-corrected chi connectivity index (χ2v) is 5.79. The number of phenolic OH excluding ortho intramolecular Hbond substituents is 1. The van der Waals surface area contributed by atoms with Crippen LogP contribution in [0, 0.1) is 26.6 Å². The Hall–Kier alpha value is -3.09. The maximum Gasteiger partial charge on any atom is 0.267 e. The molecule has 0 spiro atoms. The van der Waals surface area contributed by atoms with E-state index in [0.29, 0.717) is 33.5 Å². The Balaban J connectivity index is 2.54. The number of benzene rings is 1. The summed E-state index contributed by atoms with van der Waals surface area (Å²) in [5.74, 6) is -1.45. The molecular weight excluding hydrogens is 311 g/mol. The first kappa shape index (κ1) is 15.8. The summed E-state index contributed by atoms with van der Waals surface area (Å²) < 4.78 is 15.7. The monoisotopic (exact) mass is 328 g/mol. The van der Waals surface area contributed by atoms with Crippen molar-refractivity contribution in [2.75, 3.05) is 5.73 Å². The SMILES string of the molecule is Cc1cn2c(C(N)=O)c(N)c(-c3c(C)c(O)cc(F)c3C)c2cn1. The molecule has 5 N–H and O–H groups in total. The smallest absolute Gasteiger partial charge is 0.267 e. The Kier molecular flexibility index (Phi) is 3.44. The maximum atomic E-state index is 14.2. The molecule has 2 aromatic heterocycles. The van der Waals surface area contributed by atoms with Crippen LogP contribution in [0.4, 0.5) is 10.1 Å². The number of rotatable bonds is 2. The number of halogens is 1. The van der Waals surface area contributed by atoms with E-state index in [4.69, 9.17) is 11.5 Å². The highest BCUT2D eigenvalue weighted by Gasteiger charge is 2.25. The van der Waals surface area contributed by atoms with Crippen LogP contribution in [0.25, 0.3) is 16.6 Å². The summed E-state index contributed by atoms with van der Waals surface area (Å²) in [7, 11) is 0. The van der Waals surface area contributed by atoms with Crippen molar-refractivity contribution in [2.24, 2.45) is 5.73 Å². The number of amides is 1. The number of nitrogens with two attached hydrogens (primary N) is 2. The zero-order valence-electron chi connectivity index (χ0n) is 13.5. The normalized spacial score (nSPS) is 11.2. The van der Waals surface area contributed by atoms with Crippen molar-refractivity contribution in [1.29, 1.82) is 0 Å². The zero-order valence-corrected chi connectivity index (χ0v) is 13.5. The Morgan fingerprint density at radius 2 is 1.92 bits per heavy atom. The molecule has 124 valence electrons. The quantitative estimate of drug-likeness (QED) is 0.671. The van der Waals surface area contributed by atoms with Gasteiger partial charge in [0.2, 0.25) is 0 Å². The number of fused-ring (bicyclic) bond motifs is 1. The van der Waals surface area contributed by atoms with E-state index in [2.05, 4.69) is 4.98 Å². The third-order valence-electron chi connectivity index (χ3n) is 4.23. The van der Waals surface area contributed by atoms with Gasteiger partial charge in [0.15, 0.2) is 0 Å². The lowest BCUT2D eigenvalue weighted by Crippen LogP contribution is -2.15. The number of hydrogen-bond acceptors (Lipinski definition) is 4. The largest absolute Gasteiger partial charge is 0.508 e. The van der Waals surface area contributed by atoms with Crippen LogP contribution in [-0.2, 0) is 0 Å². The van der Waals surface area contributed by atoms with Gasteiger partial charge in [-0.25, -0.2) is 4.39 Å². The van der Waals surface area contributed by atoms with Gasteiger partial charge in [0.25, 0.3) is 5.91 Å². The molecule has 6 nitrogen and oxygen atoms in total. The van der Waals surface area contributed by atoms with Gasteiger partial charge in [0.1, 0.15) is 17.3 Å². The fourth-order valence-electron chi connectivity index (χ4n) is 3.03. The predicted molar refractivity (Wildman–Crippen MR) is 89.4 cm³/mol. The molecule has 3 rings (SSSR count). The third kappa shape index (κ3) is 2.09. The number of nitrogen functional groups attached to an aromatic ring is 1. The lowest BCUT2D eigenvalue weighted by Gasteiger charge is -2.13. The summed E-state index contributed by atoms with van der Waals surface area (Å²) >= 11 is 0. The first-order chi connectivity index (χ1) is 11.2. The molecule has 1 aromatic carbocycles. The molecule has 0 unspecified atom stereocenters. The Morgan fingerprint density at radius 1 is 1.25 bits per heavy atom. The second-order valence-electron chi connectivity index (χ2n) is 5.79. The number of nitrogens with zero attached hydrogens (tertiary/aromatic N) is 2. The minimum absolute atomic E-state index is 0.105. The Labute approximate surface area is 137 Å². The molecule has 0 aliphatic carbocycles. The molecule has 0 bridgehead atoms. The number of aromatic hydroxyl groups is 1. The molecule has 0 saturated heterocycles. The number of aromatic nitrogens is 2. The number of anilines is 1. The van der Waals surface area contributed by atoms with E-state index in [0.717, 1.165) is 6.07 Å². The summed E-state index contributed by atoms with van der Waals surface area (Å²) in [6.45, 7) is 5.02. The Morgan fingerprint density at radius 3 is 2.54 bits per heavy atom. The van der Waals surface area contributed by atoms with E-state index in [1.807, 2.05) is 0 Å². The third-order valence-corrected chi connectivity index (χ3v) is 4.23. The highest BCUT2D eigenvalue weighted by atomic mass is 19.1. The Bertz CT molecular complexity index is 982. The van der Waals surface area contributed by atoms with Crippen molar-refractivity contribution in [2.45, 2.75) is 20.8 Å². The molecule has 1 amide bonds. The van der Waals surface area contributed by atoms with Crippen molar-refractivity contribution in [3.8, 4) is 16.9 Å². The summed E-state index contributed by atoms with van der Waals surface area (Å²) in [4.78, 5) is 16.1. The fraction of sp³-hybridized carbons (Fsp3) is 0.176. The molecule has 0 saturated carbocycles. The molecule has 0 atom stereocenters. The van der Waals surface area contributed by atoms with Crippen LogP contribution < -0.4 is 11.5 Å². The van der Waals surface area contributed by atoms with Gasteiger partial charge in [0, 0.05) is 17.8 Å². The van der Waals surface area contributed by atoms with Crippen LogP contribution >= 0.6 is 0 Å². The molecule has 24 heavy (non-hydrogen) atoms. The van der Waals surface area contributed by atoms with Gasteiger partial charge in [-0.1, -0.05) is 0 Å². The van der Waals surface area contributed by atoms with E-state index in [9.17, 15) is 14.3 Å². The maximum absolute atomic E-state index is 14.2. The molecule has 7 heteroatoms. The van der Waals surface area contributed by atoms with Crippen molar-refractivity contribution in [3.63, 3.8) is 0 Å². The number of aryl methyl sites for hydroxylation is 1. The van der Waals surface area contributed by atoms with Gasteiger partial charge in [-0.2, -0.15) is 0 Å². The highest BCUT2D eigenvalue weighted by Crippen LogP contribution is 2.42. The zero-order chi connectivity index (χ0) is 17.8. The van der Waals surface area contributed by atoms with Crippen LogP contribution in [-0.4, -0.2) is 20.4 Å². The van der Waals surface area contributed by atoms with E-state index in [1.165, 1.54) is 0 Å². The van der Waals surface area contributed by atoms with E-state index in [1.54, 1.807) is 37.6 Å². The number of phenols is 1. The van der Waals surface area contributed by atoms with Gasteiger partial charge in [-0.3, -0.25) is 9.78 Å². The highest BCUT2D eigenvalue weighted by molar-refractivity contribution is 6.06. The number of hydrogen-bond donors (Lipinski definition) is 3. The van der Waals surface area contributed by atoms with Gasteiger partial charge in [-0.05, 0) is 37.5 Å². The summed E-state index contributed by atoms with van der Waals surface area (Å²) in [5, 5.41) is 9.99. The molecular formula is C17H17FN4O2. The van der Waals surface area contributed by atoms with Crippen molar-refractivity contribution >= 4 is 17.1 Å². The van der Waals surface area contributed by atoms with Crippen molar-refractivity contribution < 1.29 is 14.3 Å². The number of carbonyl (C=O) groups excluding carboxylic acids is 1. The van der Waals surface area contributed by atoms with Gasteiger partial charge < -0.3 is 21.0 Å².